The van der Waals surface area contributed by atoms with Gasteiger partial charge in [-0.3, -0.25) is 14.5 Å². The number of hydrogen-bond acceptors (Lipinski definition) is 7. The van der Waals surface area contributed by atoms with Gasteiger partial charge in [0.2, 0.25) is 5.91 Å². The number of ketones is 1. The summed E-state index contributed by atoms with van der Waals surface area (Å²) in [4.78, 5) is 39.9. The van der Waals surface area contributed by atoms with Crippen molar-refractivity contribution >= 4 is 34.7 Å². The first-order valence-electron chi connectivity index (χ1n) is 12.7. The molecule has 1 fully saturated rings. The van der Waals surface area contributed by atoms with Crippen molar-refractivity contribution in [2.75, 3.05) is 18.1 Å². The number of Topliss-reactive ketones (excluding diaryl/α,β-unsaturated/α-hetero) is 1. The molecule has 0 radical (unpaired) electrons. The minimum absolute atomic E-state index is 0.0700. The zero-order valence-electron chi connectivity index (χ0n) is 21.6. The third-order valence-corrected chi connectivity index (χ3v) is 7.78. The smallest absolute Gasteiger partial charge is 0.348 e. The lowest BCUT2D eigenvalue weighted by molar-refractivity contribution is -0.122. The van der Waals surface area contributed by atoms with E-state index in [1.54, 1.807) is 19.1 Å². The quantitative estimate of drug-likeness (QED) is 0.228. The van der Waals surface area contributed by atoms with Gasteiger partial charge in [-0.05, 0) is 43.2 Å². The first kappa shape index (κ1) is 28.0. The first-order chi connectivity index (χ1) is 17.2. The maximum atomic E-state index is 12.7. The van der Waals surface area contributed by atoms with Crippen LogP contribution < -0.4 is 4.90 Å². The molecule has 1 aliphatic heterocycles. The molecular weight excluding hydrogens is 478 g/mol. The molecule has 1 aromatic carbocycles. The number of carbonyl (C=O) groups excluding carboxylic acids is 3. The van der Waals surface area contributed by atoms with Gasteiger partial charge in [-0.2, -0.15) is 0 Å². The molecule has 0 bridgehead atoms. The van der Waals surface area contributed by atoms with Crippen molar-refractivity contribution < 1.29 is 29.0 Å². The second-order valence-corrected chi connectivity index (χ2v) is 10.9. The number of aliphatic hydroxyl groups is 1. The summed E-state index contributed by atoms with van der Waals surface area (Å²) in [5.41, 5.74) is 1.19. The monoisotopic (exact) mass is 515 g/mol. The molecule has 0 spiro atoms. The molecule has 1 saturated heterocycles. The summed E-state index contributed by atoms with van der Waals surface area (Å²) in [6, 6.07) is 10.3. The van der Waals surface area contributed by atoms with Crippen LogP contribution in [0.3, 0.4) is 0 Å². The van der Waals surface area contributed by atoms with E-state index >= 15 is 0 Å². The lowest BCUT2D eigenvalue weighted by Gasteiger charge is -2.32. The summed E-state index contributed by atoms with van der Waals surface area (Å²) in [7, 11) is 0. The number of rotatable bonds is 13. The Bertz CT molecular complexity index is 1040. The highest BCUT2D eigenvalue weighted by atomic mass is 32.1. The summed E-state index contributed by atoms with van der Waals surface area (Å²) in [5.74, 6) is -0.785. The number of anilines is 1. The molecule has 2 heterocycles. The van der Waals surface area contributed by atoms with Gasteiger partial charge < -0.3 is 14.6 Å². The van der Waals surface area contributed by atoms with E-state index in [2.05, 4.69) is 6.92 Å². The van der Waals surface area contributed by atoms with Gasteiger partial charge in [0.25, 0.3) is 0 Å². The van der Waals surface area contributed by atoms with Gasteiger partial charge in [0, 0.05) is 16.0 Å². The molecule has 1 aromatic heterocycles. The fourth-order valence-electron chi connectivity index (χ4n) is 4.39. The van der Waals surface area contributed by atoms with Crippen LogP contribution in [0, 0.1) is 0 Å². The Labute approximate surface area is 217 Å². The van der Waals surface area contributed by atoms with Crippen LogP contribution in [0.4, 0.5) is 5.69 Å². The molecule has 0 saturated carbocycles. The molecular formula is C28H37NO6S. The topological polar surface area (TPSA) is 93.1 Å². The van der Waals surface area contributed by atoms with Crippen LogP contribution in [0.5, 0.6) is 0 Å². The molecule has 1 N–H and O–H groups in total. The predicted molar refractivity (Wildman–Crippen MR) is 140 cm³/mol. The van der Waals surface area contributed by atoms with Crippen molar-refractivity contribution in [1.29, 1.82) is 0 Å². The number of benzene rings is 1. The number of carbonyl (C=O) groups is 3. The molecule has 1 amide bonds. The van der Waals surface area contributed by atoms with Crippen molar-refractivity contribution in [2.24, 2.45) is 0 Å². The average molecular weight is 516 g/mol. The number of amides is 1. The molecule has 7 nitrogen and oxygen atoms in total. The molecule has 0 aliphatic carbocycles. The number of ether oxygens (including phenoxy) is 2. The molecule has 36 heavy (non-hydrogen) atoms. The minimum atomic E-state index is -0.694. The summed E-state index contributed by atoms with van der Waals surface area (Å²) in [6.45, 7) is 8.57. The third kappa shape index (κ3) is 6.60. The van der Waals surface area contributed by atoms with Gasteiger partial charge in [0.1, 0.15) is 10.9 Å². The average Bonchev–Trinajstić information content (AvgIpc) is 3.43. The highest BCUT2D eigenvalue weighted by Crippen LogP contribution is 2.33. The van der Waals surface area contributed by atoms with Crippen LogP contribution in [0.1, 0.15) is 79.9 Å². The van der Waals surface area contributed by atoms with Crippen LogP contribution >= 0.6 is 11.3 Å². The fraction of sp³-hybridized carbons (Fsp3) is 0.536. The van der Waals surface area contributed by atoms with Crippen LogP contribution in [-0.2, 0) is 31.1 Å². The fourth-order valence-corrected chi connectivity index (χ4v) is 5.23. The number of aliphatic hydroxyl groups excluding tert-OH is 1. The second kappa shape index (κ2) is 12.6. The lowest BCUT2D eigenvalue weighted by atomic mass is 9.77. The molecule has 196 valence electrons. The summed E-state index contributed by atoms with van der Waals surface area (Å²) in [5, 5.41) is 10.8. The standard InChI is InChI=1S/C28H37NO6S/c1-5-7-8-9-25(31)28(3,4)19-10-12-20(13-11-19)29-22(23(30)16-26(29)32)18-34-17-21-14-15-24(36-21)27(33)35-6-2/h10-15,22,25,31H,5-9,16-18H2,1-4H3. The number of hydrogen-bond donors (Lipinski definition) is 1. The number of unbranched alkanes of at least 4 members (excludes halogenated alkanes) is 2. The Morgan fingerprint density at radius 1 is 1.14 bits per heavy atom. The Balaban J connectivity index is 1.64. The van der Waals surface area contributed by atoms with E-state index in [1.807, 2.05) is 38.1 Å². The second-order valence-electron chi connectivity index (χ2n) is 9.70. The lowest BCUT2D eigenvalue weighted by Crippen LogP contribution is -2.39. The van der Waals surface area contributed by atoms with Gasteiger partial charge in [-0.1, -0.05) is 52.2 Å². The van der Waals surface area contributed by atoms with Crippen molar-refractivity contribution in [3.8, 4) is 0 Å². The summed E-state index contributed by atoms with van der Waals surface area (Å²) in [6.07, 6.45) is 3.32. The van der Waals surface area contributed by atoms with Crippen LogP contribution in [-0.4, -0.2) is 48.1 Å². The van der Waals surface area contributed by atoms with E-state index in [1.165, 1.54) is 16.2 Å². The van der Waals surface area contributed by atoms with E-state index in [4.69, 9.17) is 9.47 Å². The zero-order valence-corrected chi connectivity index (χ0v) is 22.4. The Kier molecular flexibility index (Phi) is 9.82. The highest BCUT2D eigenvalue weighted by molar-refractivity contribution is 7.13. The maximum absolute atomic E-state index is 12.7. The van der Waals surface area contributed by atoms with Crippen LogP contribution in [0.2, 0.25) is 0 Å². The van der Waals surface area contributed by atoms with Crippen molar-refractivity contribution in [3.05, 3.63) is 51.7 Å². The molecule has 2 unspecified atom stereocenters. The largest absolute Gasteiger partial charge is 0.462 e. The Hall–Kier alpha value is -2.55. The highest BCUT2D eigenvalue weighted by Gasteiger charge is 2.40. The van der Waals surface area contributed by atoms with Gasteiger partial charge in [0.15, 0.2) is 5.78 Å². The predicted octanol–water partition coefficient (Wildman–Crippen LogP) is 5.03. The normalized spacial score (nSPS) is 17.0. The Morgan fingerprint density at radius 2 is 1.86 bits per heavy atom. The number of nitrogens with zero attached hydrogens (tertiary/aromatic N) is 1. The van der Waals surface area contributed by atoms with Gasteiger partial charge in [-0.15, -0.1) is 11.3 Å². The van der Waals surface area contributed by atoms with Gasteiger partial charge in [-0.25, -0.2) is 4.79 Å². The summed E-state index contributed by atoms with van der Waals surface area (Å²) >= 11 is 1.29. The number of thiophene rings is 1. The van der Waals surface area contributed by atoms with E-state index in [9.17, 15) is 19.5 Å². The first-order valence-corrected chi connectivity index (χ1v) is 13.5. The SMILES string of the molecule is CCCCCC(O)C(C)(C)c1ccc(N2C(=O)CC(=O)C2COCc2ccc(C(=O)OCC)s2)cc1. The van der Waals surface area contributed by atoms with Crippen molar-refractivity contribution in [3.63, 3.8) is 0 Å². The summed E-state index contributed by atoms with van der Waals surface area (Å²) < 4.78 is 10.8. The third-order valence-electron chi connectivity index (χ3n) is 6.74. The van der Waals surface area contributed by atoms with E-state index in [-0.39, 0.29) is 37.3 Å². The molecule has 2 aromatic rings. The molecule has 3 rings (SSSR count). The molecule has 8 heteroatoms. The van der Waals surface area contributed by atoms with Crippen molar-refractivity contribution in [2.45, 2.75) is 84.0 Å². The van der Waals surface area contributed by atoms with Crippen LogP contribution in [0.25, 0.3) is 0 Å². The van der Waals surface area contributed by atoms with Crippen molar-refractivity contribution in [1.82, 2.24) is 0 Å². The Morgan fingerprint density at radius 3 is 2.53 bits per heavy atom. The van der Waals surface area contributed by atoms with Crippen LogP contribution in [0.15, 0.2) is 36.4 Å². The van der Waals surface area contributed by atoms with E-state index < -0.39 is 17.6 Å². The zero-order chi connectivity index (χ0) is 26.3. The van der Waals surface area contributed by atoms with Gasteiger partial charge in [0.05, 0.1) is 32.3 Å². The molecule has 1 aliphatic rings. The maximum Gasteiger partial charge on any atom is 0.348 e. The van der Waals surface area contributed by atoms with E-state index in [0.29, 0.717) is 17.2 Å². The van der Waals surface area contributed by atoms with Gasteiger partial charge >= 0.3 is 5.97 Å². The minimum Gasteiger partial charge on any atom is -0.462 e. The van der Waals surface area contributed by atoms with E-state index in [0.717, 1.165) is 36.1 Å². The number of esters is 1. The molecule has 2 atom stereocenters.